The number of pyridine rings is 1. The van der Waals surface area contributed by atoms with Crippen LogP contribution in [0.4, 0.5) is 10.2 Å². The molecule has 8 nitrogen and oxygen atoms in total. The number of anilines is 1. The lowest BCUT2D eigenvalue weighted by molar-refractivity contribution is -0.134. The lowest BCUT2D eigenvalue weighted by Crippen LogP contribution is -2.54. The van der Waals surface area contributed by atoms with Crippen molar-refractivity contribution in [3.8, 4) is 6.07 Å². The summed E-state index contributed by atoms with van der Waals surface area (Å²) in [6, 6.07) is 3.34. The number of amidine groups is 1. The lowest BCUT2D eigenvalue weighted by atomic mass is 10.0. The maximum absolute atomic E-state index is 14.0. The Morgan fingerprint density at radius 1 is 1.42 bits per heavy atom. The fraction of sp³-hybridized carbons (Fsp3) is 0.542. The van der Waals surface area contributed by atoms with E-state index in [1.54, 1.807) is 13.2 Å². The van der Waals surface area contributed by atoms with Gasteiger partial charge in [0.2, 0.25) is 5.91 Å². The maximum Gasteiger partial charge on any atom is 0.225 e. The standard InChI is InChI=1S/C24H29FN6O2/c1-4-20-19(25)13-27-23(28-20)18-11-17(12-26)24(29-22(18)16-5-6-16)30-8-9-31(15(2)14-30)21(32)7-10-33-3/h4,11,13,15-16,19-20H,1,5-10,14H2,2-3H3/t15-,19?,20?/m1/s1. The summed E-state index contributed by atoms with van der Waals surface area (Å²) < 4.78 is 19.0. The molecule has 4 rings (SSSR count). The third-order valence-electron chi connectivity index (χ3n) is 6.30. The molecule has 0 spiro atoms. The van der Waals surface area contributed by atoms with Gasteiger partial charge in [-0.05, 0) is 25.8 Å². The molecule has 1 aromatic rings. The van der Waals surface area contributed by atoms with E-state index in [9.17, 15) is 14.4 Å². The van der Waals surface area contributed by atoms with Gasteiger partial charge < -0.3 is 14.5 Å². The van der Waals surface area contributed by atoms with Crippen molar-refractivity contribution in [2.75, 3.05) is 38.3 Å². The number of carbonyl (C=O) groups is 1. The highest BCUT2D eigenvalue weighted by atomic mass is 19.1. The van der Waals surface area contributed by atoms with E-state index >= 15 is 0 Å². The summed E-state index contributed by atoms with van der Waals surface area (Å²) in [6.07, 6.45) is 3.79. The summed E-state index contributed by atoms with van der Waals surface area (Å²) in [7, 11) is 1.59. The van der Waals surface area contributed by atoms with Crippen molar-refractivity contribution in [3.63, 3.8) is 0 Å². The highest BCUT2D eigenvalue weighted by Gasteiger charge is 2.34. The van der Waals surface area contributed by atoms with E-state index < -0.39 is 12.2 Å². The Hall–Kier alpha value is -3.12. The number of hydrogen-bond donors (Lipinski definition) is 0. The number of aliphatic imine (C=N–C) groups is 2. The lowest BCUT2D eigenvalue weighted by Gasteiger charge is -2.41. The minimum atomic E-state index is -1.30. The SMILES string of the molecule is C=CC1N=C(c2cc(C#N)c(N3CCN(C(=O)CCOC)[C@H](C)C3)nc2C2CC2)N=CC1F. The highest BCUT2D eigenvalue weighted by Crippen LogP contribution is 2.42. The van der Waals surface area contributed by atoms with Crippen molar-refractivity contribution < 1.29 is 13.9 Å². The number of alkyl halides is 1. The molecule has 1 amide bonds. The second-order valence-corrected chi connectivity index (χ2v) is 8.70. The Labute approximate surface area is 193 Å². The van der Waals surface area contributed by atoms with Crippen molar-refractivity contribution in [2.24, 2.45) is 9.98 Å². The number of halogens is 1. The molecule has 1 saturated carbocycles. The molecule has 9 heteroatoms. The number of aromatic nitrogens is 1. The number of amides is 1. The van der Waals surface area contributed by atoms with Crippen molar-refractivity contribution >= 4 is 23.8 Å². The molecule has 2 unspecified atom stereocenters. The summed E-state index contributed by atoms with van der Waals surface area (Å²) >= 11 is 0. The van der Waals surface area contributed by atoms with Gasteiger partial charge >= 0.3 is 0 Å². The molecule has 33 heavy (non-hydrogen) atoms. The van der Waals surface area contributed by atoms with E-state index in [1.165, 1.54) is 12.3 Å². The summed E-state index contributed by atoms with van der Waals surface area (Å²) in [6.45, 7) is 7.82. The smallest absolute Gasteiger partial charge is 0.225 e. The molecule has 1 aliphatic carbocycles. The largest absolute Gasteiger partial charge is 0.384 e. The summed E-state index contributed by atoms with van der Waals surface area (Å²) in [5, 5.41) is 9.91. The van der Waals surface area contributed by atoms with Gasteiger partial charge in [-0.25, -0.2) is 14.4 Å². The molecule has 3 aliphatic rings. The van der Waals surface area contributed by atoms with Gasteiger partial charge in [0.1, 0.15) is 17.9 Å². The van der Waals surface area contributed by atoms with Gasteiger partial charge in [-0.1, -0.05) is 6.08 Å². The second-order valence-electron chi connectivity index (χ2n) is 8.70. The molecule has 2 fully saturated rings. The Morgan fingerprint density at radius 3 is 2.85 bits per heavy atom. The Morgan fingerprint density at radius 2 is 2.21 bits per heavy atom. The van der Waals surface area contributed by atoms with Gasteiger partial charge in [0, 0.05) is 50.5 Å². The van der Waals surface area contributed by atoms with E-state index in [0.717, 1.165) is 18.5 Å². The zero-order valence-corrected chi connectivity index (χ0v) is 19.1. The molecule has 0 aromatic carbocycles. The van der Waals surface area contributed by atoms with Gasteiger partial charge in [0.05, 0.1) is 24.3 Å². The molecule has 3 heterocycles. The summed E-state index contributed by atoms with van der Waals surface area (Å²) in [5.74, 6) is 1.38. The quantitative estimate of drug-likeness (QED) is 0.593. The Kier molecular flexibility index (Phi) is 6.84. The van der Waals surface area contributed by atoms with Crippen LogP contribution in [0.15, 0.2) is 28.7 Å². The van der Waals surface area contributed by atoms with Crippen molar-refractivity contribution in [1.82, 2.24) is 9.88 Å². The first-order chi connectivity index (χ1) is 16.0. The van der Waals surface area contributed by atoms with Crippen LogP contribution in [0.25, 0.3) is 0 Å². The van der Waals surface area contributed by atoms with Gasteiger partial charge in [0.25, 0.3) is 0 Å². The average Bonchev–Trinajstić information content (AvgIpc) is 3.67. The first-order valence-corrected chi connectivity index (χ1v) is 11.3. The Bertz CT molecular complexity index is 1030. The first kappa shape index (κ1) is 23.1. The van der Waals surface area contributed by atoms with Gasteiger partial charge in [-0.2, -0.15) is 5.26 Å². The molecule has 0 bridgehead atoms. The summed E-state index contributed by atoms with van der Waals surface area (Å²) in [5.41, 5.74) is 1.97. The van der Waals surface area contributed by atoms with Crippen LogP contribution in [0.3, 0.4) is 0 Å². The average molecular weight is 453 g/mol. The monoisotopic (exact) mass is 452 g/mol. The topological polar surface area (TPSA) is 94.2 Å². The third kappa shape index (κ3) is 4.81. The van der Waals surface area contributed by atoms with Crippen molar-refractivity contribution in [1.29, 1.82) is 5.26 Å². The first-order valence-electron chi connectivity index (χ1n) is 11.3. The number of piperazine rings is 1. The van der Waals surface area contributed by atoms with Gasteiger partial charge in [0.15, 0.2) is 12.0 Å². The van der Waals surface area contributed by atoms with Crippen LogP contribution in [0.5, 0.6) is 0 Å². The molecule has 3 atom stereocenters. The zero-order valence-electron chi connectivity index (χ0n) is 19.1. The van der Waals surface area contributed by atoms with Gasteiger partial charge in [-0.15, -0.1) is 6.58 Å². The molecular formula is C24H29FN6O2. The molecule has 1 aromatic heterocycles. The fourth-order valence-electron chi connectivity index (χ4n) is 4.34. The van der Waals surface area contributed by atoms with Crippen LogP contribution in [-0.4, -0.2) is 79.4 Å². The molecule has 1 saturated heterocycles. The minimum Gasteiger partial charge on any atom is -0.384 e. The highest BCUT2D eigenvalue weighted by molar-refractivity contribution is 6.06. The van der Waals surface area contributed by atoms with Crippen LogP contribution in [0.1, 0.15) is 48.9 Å². The molecule has 0 N–H and O–H groups in total. The van der Waals surface area contributed by atoms with E-state index in [4.69, 9.17) is 9.72 Å². The predicted molar refractivity (Wildman–Crippen MR) is 125 cm³/mol. The minimum absolute atomic E-state index is 0.0114. The van der Waals surface area contributed by atoms with Gasteiger partial charge in [-0.3, -0.25) is 9.79 Å². The maximum atomic E-state index is 14.0. The normalized spacial score (nSPS) is 24.9. The predicted octanol–water partition coefficient (Wildman–Crippen LogP) is 2.63. The molecule has 174 valence electrons. The number of carbonyl (C=O) groups excluding carboxylic acids is 1. The molecule has 0 radical (unpaired) electrons. The van der Waals surface area contributed by atoms with E-state index in [0.29, 0.717) is 55.4 Å². The van der Waals surface area contributed by atoms with E-state index in [2.05, 4.69) is 27.5 Å². The fourth-order valence-corrected chi connectivity index (χ4v) is 4.34. The molecule has 2 aliphatic heterocycles. The third-order valence-corrected chi connectivity index (χ3v) is 6.30. The number of nitrogens with zero attached hydrogens (tertiary/aromatic N) is 6. The van der Waals surface area contributed by atoms with Crippen LogP contribution in [0, 0.1) is 11.3 Å². The van der Waals surface area contributed by atoms with Crippen LogP contribution in [-0.2, 0) is 9.53 Å². The number of nitriles is 1. The number of rotatable bonds is 7. The van der Waals surface area contributed by atoms with Crippen LogP contribution < -0.4 is 4.90 Å². The van der Waals surface area contributed by atoms with Crippen LogP contribution in [0.2, 0.25) is 0 Å². The van der Waals surface area contributed by atoms with E-state index in [-0.39, 0.29) is 17.9 Å². The van der Waals surface area contributed by atoms with Crippen molar-refractivity contribution in [3.05, 3.63) is 35.5 Å². The molecular weight excluding hydrogens is 423 g/mol. The number of methoxy groups -OCH3 is 1. The van der Waals surface area contributed by atoms with E-state index in [1.807, 2.05) is 11.8 Å². The summed E-state index contributed by atoms with van der Waals surface area (Å²) in [4.78, 5) is 30.0. The van der Waals surface area contributed by atoms with Crippen molar-refractivity contribution in [2.45, 2.75) is 50.4 Å². The second kappa shape index (κ2) is 9.79. The Balaban J connectivity index is 1.63. The number of hydrogen-bond acceptors (Lipinski definition) is 7. The number of ether oxygens (including phenoxy) is 1. The van der Waals surface area contributed by atoms with Crippen LogP contribution >= 0.6 is 0 Å². The zero-order chi connectivity index (χ0) is 23.5.